The van der Waals surface area contributed by atoms with Crippen molar-refractivity contribution in [1.82, 2.24) is 19.9 Å². The van der Waals surface area contributed by atoms with Gasteiger partial charge in [-0.1, -0.05) is 0 Å². The zero-order chi connectivity index (χ0) is 14.4. The largest absolute Gasteiger partial charge is 0.293 e. The summed E-state index contributed by atoms with van der Waals surface area (Å²) >= 11 is 0. The quantitative estimate of drug-likeness (QED) is 0.394. The number of carbonyl (C=O) groups excluding carboxylic acids is 1. The average molecular weight is 274 g/mol. The molecule has 0 saturated heterocycles. The first kappa shape index (κ1) is 11.8. The minimum atomic E-state index is -0.104. The van der Waals surface area contributed by atoms with Crippen LogP contribution in [-0.2, 0) is 0 Å². The minimum Gasteiger partial charge on any atom is -0.293 e. The van der Waals surface area contributed by atoms with Crippen LogP contribution >= 0.6 is 0 Å². The Morgan fingerprint density at radius 3 is 2.05 bits per heavy atom. The van der Waals surface area contributed by atoms with Crippen molar-refractivity contribution < 1.29 is 4.79 Å². The molecule has 0 atom stereocenters. The molecule has 0 amide bonds. The predicted molar refractivity (Wildman–Crippen MR) is 80.1 cm³/mol. The van der Waals surface area contributed by atoms with Gasteiger partial charge in [-0.25, -0.2) is 4.98 Å². The molecule has 21 heavy (non-hydrogen) atoms. The number of carbonyl (C=O) groups is 1. The van der Waals surface area contributed by atoms with Crippen molar-refractivity contribution in [1.29, 1.82) is 0 Å². The van der Waals surface area contributed by atoms with Crippen LogP contribution in [-0.4, -0.2) is 25.7 Å². The summed E-state index contributed by atoms with van der Waals surface area (Å²) < 4.78 is 0. The highest BCUT2D eigenvalue weighted by Crippen LogP contribution is 2.30. The molecule has 0 spiro atoms. The summed E-state index contributed by atoms with van der Waals surface area (Å²) in [4.78, 5) is 29.3. The standard InChI is InChI=1S/C16H10N4O/c1-9(21)12-8-19-15-10-4-2-6-17-13(10)14-11(16(15)20-12)5-3-7-18-14/h2-8H,1H3. The van der Waals surface area contributed by atoms with Crippen molar-refractivity contribution in [2.75, 3.05) is 0 Å². The van der Waals surface area contributed by atoms with E-state index < -0.39 is 0 Å². The maximum atomic E-state index is 11.6. The van der Waals surface area contributed by atoms with Gasteiger partial charge >= 0.3 is 0 Å². The summed E-state index contributed by atoms with van der Waals surface area (Å²) in [6.07, 6.45) is 4.98. The van der Waals surface area contributed by atoms with Gasteiger partial charge in [0.2, 0.25) is 0 Å². The Morgan fingerprint density at radius 1 is 0.857 bits per heavy atom. The van der Waals surface area contributed by atoms with E-state index in [9.17, 15) is 4.79 Å². The molecule has 0 fully saturated rings. The smallest absolute Gasteiger partial charge is 0.179 e. The molecule has 4 rings (SSSR count). The Morgan fingerprint density at radius 2 is 1.43 bits per heavy atom. The summed E-state index contributed by atoms with van der Waals surface area (Å²) in [5, 5.41) is 1.75. The van der Waals surface area contributed by atoms with Crippen LogP contribution in [0.2, 0.25) is 0 Å². The zero-order valence-corrected chi connectivity index (χ0v) is 11.2. The molecule has 0 aliphatic carbocycles. The third kappa shape index (κ3) is 1.67. The van der Waals surface area contributed by atoms with Crippen molar-refractivity contribution in [3.8, 4) is 0 Å². The van der Waals surface area contributed by atoms with E-state index in [1.165, 1.54) is 13.1 Å². The molecule has 0 aliphatic heterocycles. The lowest BCUT2D eigenvalue weighted by Crippen LogP contribution is -2.00. The number of nitrogens with zero attached hydrogens (tertiary/aromatic N) is 4. The molecule has 0 bridgehead atoms. The SMILES string of the molecule is CC(=O)c1cnc2c3cccnc3c3ncccc3c2n1. The van der Waals surface area contributed by atoms with Gasteiger partial charge in [0.15, 0.2) is 5.78 Å². The summed E-state index contributed by atoms with van der Waals surface area (Å²) in [5.74, 6) is -0.104. The van der Waals surface area contributed by atoms with Crippen molar-refractivity contribution >= 4 is 38.6 Å². The fourth-order valence-corrected chi connectivity index (χ4v) is 2.51. The van der Waals surface area contributed by atoms with Gasteiger partial charge in [-0.2, -0.15) is 0 Å². The first-order valence-corrected chi connectivity index (χ1v) is 6.55. The lowest BCUT2D eigenvalue weighted by molar-refractivity contribution is 0.101. The Kier molecular flexibility index (Phi) is 2.41. The van der Waals surface area contributed by atoms with E-state index in [1.807, 2.05) is 24.3 Å². The Hall–Kier alpha value is -2.95. The summed E-state index contributed by atoms with van der Waals surface area (Å²) in [7, 11) is 0. The number of pyridine rings is 2. The lowest BCUT2D eigenvalue weighted by Gasteiger charge is -2.07. The van der Waals surface area contributed by atoms with E-state index in [1.54, 1.807) is 12.4 Å². The molecule has 100 valence electrons. The van der Waals surface area contributed by atoms with Gasteiger partial charge in [-0.3, -0.25) is 19.7 Å². The van der Waals surface area contributed by atoms with Crippen LogP contribution in [0.1, 0.15) is 17.4 Å². The number of fused-ring (bicyclic) bond motifs is 6. The molecular weight excluding hydrogens is 264 g/mol. The van der Waals surface area contributed by atoms with Gasteiger partial charge in [0.25, 0.3) is 0 Å². The van der Waals surface area contributed by atoms with Gasteiger partial charge in [0.1, 0.15) is 5.69 Å². The number of aromatic nitrogens is 4. The monoisotopic (exact) mass is 274 g/mol. The van der Waals surface area contributed by atoms with Gasteiger partial charge < -0.3 is 0 Å². The number of benzene rings is 1. The van der Waals surface area contributed by atoms with Crippen molar-refractivity contribution in [3.63, 3.8) is 0 Å². The molecule has 3 heterocycles. The summed E-state index contributed by atoms with van der Waals surface area (Å²) in [5.41, 5.74) is 3.35. The number of ketones is 1. The van der Waals surface area contributed by atoms with Gasteiger partial charge in [-0.15, -0.1) is 0 Å². The van der Waals surface area contributed by atoms with Crippen LogP contribution in [0.4, 0.5) is 0 Å². The van der Waals surface area contributed by atoms with Crippen LogP contribution in [0, 0.1) is 0 Å². The molecule has 5 heteroatoms. The van der Waals surface area contributed by atoms with Crippen LogP contribution < -0.4 is 0 Å². The van der Waals surface area contributed by atoms with Crippen molar-refractivity contribution in [2.24, 2.45) is 0 Å². The summed E-state index contributed by atoms with van der Waals surface area (Å²) in [6.45, 7) is 1.49. The predicted octanol–water partition coefficient (Wildman–Crippen LogP) is 2.93. The second kappa shape index (κ2) is 4.28. The molecule has 1 aromatic carbocycles. The highest BCUT2D eigenvalue weighted by Gasteiger charge is 2.13. The van der Waals surface area contributed by atoms with E-state index >= 15 is 0 Å². The molecule has 0 radical (unpaired) electrons. The fourth-order valence-electron chi connectivity index (χ4n) is 2.51. The number of rotatable bonds is 1. The lowest BCUT2D eigenvalue weighted by atomic mass is 10.1. The van der Waals surface area contributed by atoms with Crippen LogP contribution in [0.25, 0.3) is 32.8 Å². The molecule has 0 unspecified atom stereocenters. The zero-order valence-electron chi connectivity index (χ0n) is 11.2. The Bertz CT molecular complexity index is 991. The number of hydrogen-bond donors (Lipinski definition) is 0. The highest BCUT2D eigenvalue weighted by molar-refractivity contribution is 6.20. The fraction of sp³-hybridized carbons (Fsp3) is 0.0625. The molecule has 5 nitrogen and oxygen atoms in total. The summed E-state index contributed by atoms with van der Waals surface area (Å²) in [6, 6.07) is 7.58. The molecule has 3 aromatic heterocycles. The van der Waals surface area contributed by atoms with Crippen molar-refractivity contribution in [3.05, 3.63) is 48.5 Å². The van der Waals surface area contributed by atoms with E-state index in [2.05, 4.69) is 19.9 Å². The third-order valence-electron chi connectivity index (χ3n) is 3.48. The van der Waals surface area contributed by atoms with E-state index in [0.29, 0.717) is 11.2 Å². The van der Waals surface area contributed by atoms with Crippen molar-refractivity contribution in [2.45, 2.75) is 6.92 Å². The van der Waals surface area contributed by atoms with Crippen LogP contribution in [0.15, 0.2) is 42.9 Å². The van der Waals surface area contributed by atoms with E-state index in [0.717, 1.165) is 27.3 Å². The third-order valence-corrected chi connectivity index (χ3v) is 3.48. The van der Waals surface area contributed by atoms with Crippen LogP contribution in [0.5, 0.6) is 0 Å². The van der Waals surface area contributed by atoms with Crippen LogP contribution in [0.3, 0.4) is 0 Å². The highest BCUT2D eigenvalue weighted by atomic mass is 16.1. The maximum Gasteiger partial charge on any atom is 0.179 e. The second-order valence-corrected chi connectivity index (χ2v) is 4.81. The first-order chi connectivity index (χ1) is 10.3. The number of Topliss-reactive ketones (excluding diaryl/α,β-unsaturated/α-hetero) is 1. The van der Waals surface area contributed by atoms with Gasteiger partial charge in [0.05, 0.1) is 28.3 Å². The second-order valence-electron chi connectivity index (χ2n) is 4.81. The molecule has 0 saturated carbocycles. The maximum absolute atomic E-state index is 11.6. The van der Waals surface area contributed by atoms with E-state index in [4.69, 9.17) is 0 Å². The van der Waals surface area contributed by atoms with E-state index in [-0.39, 0.29) is 5.78 Å². The topological polar surface area (TPSA) is 68.6 Å². The van der Waals surface area contributed by atoms with Gasteiger partial charge in [0, 0.05) is 30.1 Å². The Labute approximate surface area is 119 Å². The molecule has 0 aliphatic rings. The molecular formula is C16H10N4O. The number of hydrogen-bond acceptors (Lipinski definition) is 5. The minimum absolute atomic E-state index is 0.104. The average Bonchev–Trinajstić information content (AvgIpc) is 2.54. The Balaban J connectivity index is 2.33. The molecule has 0 N–H and O–H groups in total. The normalized spacial score (nSPS) is 11.3. The first-order valence-electron chi connectivity index (χ1n) is 6.55. The molecule has 4 aromatic rings. The van der Waals surface area contributed by atoms with Gasteiger partial charge in [-0.05, 0) is 24.3 Å².